The van der Waals surface area contributed by atoms with Gasteiger partial charge in [-0.05, 0) is 25.1 Å². The molecule has 1 atom stereocenters. The first-order valence-corrected chi connectivity index (χ1v) is 6.75. The number of aromatic amines is 1. The lowest BCUT2D eigenvalue weighted by molar-refractivity contribution is 0.790. The van der Waals surface area contributed by atoms with Crippen LogP contribution in [0.2, 0.25) is 0 Å². The average molecular weight is 252 g/mol. The van der Waals surface area contributed by atoms with Gasteiger partial charge < -0.3 is 15.6 Å². The molecule has 4 nitrogen and oxygen atoms in total. The minimum absolute atomic E-state index is 0.478. The van der Waals surface area contributed by atoms with Crippen molar-refractivity contribution in [2.75, 3.05) is 18.4 Å². The van der Waals surface area contributed by atoms with Crippen molar-refractivity contribution in [2.24, 2.45) is 0 Å². The molecule has 4 heteroatoms. The van der Waals surface area contributed by atoms with Crippen molar-refractivity contribution < 1.29 is 0 Å². The third-order valence-corrected chi connectivity index (χ3v) is 3.81. The number of anilines is 1. The van der Waals surface area contributed by atoms with Crippen molar-refractivity contribution in [1.82, 2.24) is 15.3 Å². The molecule has 0 bridgehead atoms. The molecule has 19 heavy (non-hydrogen) atoms. The Hall–Kier alpha value is -2.07. The first-order valence-electron chi connectivity index (χ1n) is 6.75. The Morgan fingerprint density at radius 3 is 3.00 bits per heavy atom. The molecule has 2 aromatic heterocycles. The molecule has 3 N–H and O–H groups in total. The first-order chi connectivity index (χ1) is 9.42. The summed E-state index contributed by atoms with van der Waals surface area (Å²) in [7, 11) is 0. The van der Waals surface area contributed by atoms with Crippen molar-refractivity contribution in [2.45, 2.75) is 12.5 Å². The number of fused-ring (bicyclic) bond motifs is 3. The van der Waals surface area contributed by atoms with Crippen LogP contribution >= 0.6 is 0 Å². The molecule has 1 saturated heterocycles. The number of rotatable bonds is 2. The Labute approximate surface area is 111 Å². The molecule has 0 spiro atoms. The molecule has 0 aliphatic carbocycles. The van der Waals surface area contributed by atoms with Crippen LogP contribution in [0.5, 0.6) is 0 Å². The third kappa shape index (κ3) is 1.76. The second-order valence-corrected chi connectivity index (χ2v) is 5.08. The summed E-state index contributed by atoms with van der Waals surface area (Å²) in [5.41, 5.74) is 2.20. The molecular formula is C15H16N4. The van der Waals surface area contributed by atoms with Crippen LogP contribution in [0.3, 0.4) is 0 Å². The molecule has 4 rings (SSSR count). The van der Waals surface area contributed by atoms with Crippen LogP contribution in [0.25, 0.3) is 21.8 Å². The van der Waals surface area contributed by atoms with Gasteiger partial charge in [0.15, 0.2) is 0 Å². The molecule has 0 radical (unpaired) electrons. The monoisotopic (exact) mass is 252 g/mol. The van der Waals surface area contributed by atoms with Gasteiger partial charge in [0.1, 0.15) is 5.82 Å². The Kier molecular flexibility index (Phi) is 2.42. The lowest BCUT2D eigenvalue weighted by Crippen LogP contribution is -2.22. The van der Waals surface area contributed by atoms with E-state index >= 15 is 0 Å². The van der Waals surface area contributed by atoms with Crippen LogP contribution in [0.1, 0.15) is 6.42 Å². The molecule has 0 amide bonds. The number of para-hydroxylation sites is 1. The topological polar surface area (TPSA) is 52.7 Å². The van der Waals surface area contributed by atoms with E-state index < -0.39 is 0 Å². The standard InChI is InChI=1S/C15H16N4/c1-2-4-13-11(3-1)14-12(6-8-17-14)15(19-13)18-10-5-7-16-9-10/h1-4,6,8,10,16-17H,5,7,9H2,(H,18,19)/t10-/m1/s1. The molecule has 0 saturated carbocycles. The maximum absolute atomic E-state index is 4.78. The van der Waals surface area contributed by atoms with Crippen LogP contribution < -0.4 is 10.6 Å². The van der Waals surface area contributed by atoms with Crippen molar-refractivity contribution in [1.29, 1.82) is 0 Å². The highest BCUT2D eigenvalue weighted by atomic mass is 15.1. The van der Waals surface area contributed by atoms with Gasteiger partial charge in [-0.2, -0.15) is 0 Å². The van der Waals surface area contributed by atoms with Gasteiger partial charge in [0, 0.05) is 29.6 Å². The molecule has 3 heterocycles. The number of nitrogens with zero attached hydrogens (tertiary/aromatic N) is 1. The number of nitrogens with one attached hydrogen (secondary N) is 3. The summed E-state index contributed by atoms with van der Waals surface area (Å²) in [5, 5.41) is 9.29. The maximum Gasteiger partial charge on any atom is 0.136 e. The summed E-state index contributed by atoms with van der Waals surface area (Å²) >= 11 is 0. The summed E-state index contributed by atoms with van der Waals surface area (Å²) < 4.78 is 0. The van der Waals surface area contributed by atoms with Crippen molar-refractivity contribution in [3.63, 3.8) is 0 Å². The Bertz CT molecular complexity index is 725. The van der Waals surface area contributed by atoms with Crippen molar-refractivity contribution >= 4 is 27.6 Å². The second-order valence-electron chi connectivity index (χ2n) is 5.08. The fourth-order valence-corrected chi connectivity index (χ4v) is 2.83. The predicted octanol–water partition coefficient (Wildman–Crippen LogP) is 2.49. The van der Waals surface area contributed by atoms with Crippen LogP contribution in [-0.2, 0) is 0 Å². The predicted molar refractivity (Wildman–Crippen MR) is 78.5 cm³/mol. The van der Waals surface area contributed by atoms with E-state index in [9.17, 15) is 0 Å². The Morgan fingerprint density at radius 2 is 2.11 bits per heavy atom. The van der Waals surface area contributed by atoms with Gasteiger partial charge in [-0.15, -0.1) is 0 Å². The molecule has 0 unspecified atom stereocenters. The van der Waals surface area contributed by atoms with E-state index in [-0.39, 0.29) is 0 Å². The summed E-state index contributed by atoms with van der Waals surface area (Å²) in [6, 6.07) is 10.8. The number of H-pyrrole nitrogens is 1. The summed E-state index contributed by atoms with van der Waals surface area (Å²) in [4.78, 5) is 8.11. The normalized spacial score (nSPS) is 19.3. The van der Waals surface area contributed by atoms with Crippen LogP contribution in [0, 0.1) is 0 Å². The van der Waals surface area contributed by atoms with Crippen LogP contribution in [-0.4, -0.2) is 29.1 Å². The van der Waals surface area contributed by atoms with E-state index in [0.717, 1.165) is 30.8 Å². The second kappa shape index (κ2) is 4.24. The van der Waals surface area contributed by atoms with Gasteiger partial charge in [-0.25, -0.2) is 4.98 Å². The zero-order valence-electron chi connectivity index (χ0n) is 10.6. The van der Waals surface area contributed by atoms with E-state index in [2.05, 4.69) is 39.9 Å². The largest absolute Gasteiger partial charge is 0.365 e. The maximum atomic E-state index is 4.78. The lowest BCUT2D eigenvalue weighted by Gasteiger charge is -2.14. The van der Waals surface area contributed by atoms with Gasteiger partial charge in [-0.1, -0.05) is 18.2 Å². The summed E-state index contributed by atoms with van der Waals surface area (Å²) in [6.07, 6.45) is 3.14. The van der Waals surface area contributed by atoms with Crippen LogP contribution in [0.15, 0.2) is 36.5 Å². The number of hydrogen-bond donors (Lipinski definition) is 3. The van der Waals surface area contributed by atoms with E-state index in [4.69, 9.17) is 4.98 Å². The minimum atomic E-state index is 0.478. The Balaban J connectivity index is 1.89. The molecule has 1 aliphatic rings. The molecular weight excluding hydrogens is 236 g/mol. The molecule has 1 aromatic carbocycles. The third-order valence-electron chi connectivity index (χ3n) is 3.81. The smallest absolute Gasteiger partial charge is 0.136 e. The molecule has 3 aromatic rings. The average Bonchev–Trinajstić information content (AvgIpc) is 3.09. The fraction of sp³-hybridized carbons (Fsp3) is 0.267. The van der Waals surface area contributed by atoms with Gasteiger partial charge in [0.25, 0.3) is 0 Å². The summed E-state index contributed by atoms with van der Waals surface area (Å²) in [6.45, 7) is 2.10. The van der Waals surface area contributed by atoms with Gasteiger partial charge in [0.2, 0.25) is 0 Å². The van der Waals surface area contributed by atoms with Crippen molar-refractivity contribution in [3.8, 4) is 0 Å². The highest BCUT2D eigenvalue weighted by molar-refractivity contribution is 6.08. The highest BCUT2D eigenvalue weighted by Gasteiger charge is 2.16. The van der Waals surface area contributed by atoms with Crippen LogP contribution in [0.4, 0.5) is 5.82 Å². The Morgan fingerprint density at radius 1 is 1.16 bits per heavy atom. The highest BCUT2D eigenvalue weighted by Crippen LogP contribution is 2.28. The minimum Gasteiger partial charge on any atom is -0.365 e. The van der Waals surface area contributed by atoms with E-state index in [1.165, 1.54) is 16.3 Å². The van der Waals surface area contributed by atoms with E-state index in [0.29, 0.717) is 6.04 Å². The lowest BCUT2D eigenvalue weighted by atomic mass is 10.1. The SMILES string of the molecule is c1ccc2c(c1)nc(N[C@@H]1CCNC1)c1cc[nH]c12. The zero-order chi connectivity index (χ0) is 12.7. The number of hydrogen-bond acceptors (Lipinski definition) is 3. The number of benzene rings is 1. The summed E-state index contributed by atoms with van der Waals surface area (Å²) in [5.74, 6) is 0.989. The molecule has 1 aliphatic heterocycles. The quantitative estimate of drug-likeness (QED) is 0.657. The van der Waals surface area contributed by atoms with E-state index in [1.807, 2.05) is 12.3 Å². The first kappa shape index (κ1) is 10.8. The van der Waals surface area contributed by atoms with Gasteiger partial charge in [0.05, 0.1) is 11.0 Å². The molecule has 1 fully saturated rings. The number of pyridine rings is 1. The van der Waals surface area contributed by atoms with Crippen molar-refractivity contribution in [3.05, 3.63) is 36.5 Å². The van der Waals surface area contributed by atoms with E-state index in [1.54, 1.807) is 0 Å². The van der Waals surface area contributed by atoms with Gasteiger partial charge in [-0.3, -0.25) is 0 Å². The fourth-order valence-electron chi connectivity index (χ4n) is 2.83. The zero-order valence-corrected chi connectivity index (χ0v) is 10.6. The van der Waals surface area contributed by atoms with Gasteiger partial charge >= 0.3 is 0 Å². The molecule has 96 valence electrons. The number of aromatic nitrogens is 2.